The van der Waals surface area contributed by atoms with Crippen molar-refractivity contribution >= 4 is 21.7 Å². The number of rotatable bonds is 4. The van der Waals surface area contributed by atoms with Gasteiger partial charge in [-0.1, -0.05) is 28.1 Å². The monoisotopic (exact) mass is 323 g/mol. The molecule has 1 aromatic carbocycles. The molecule has 0 amide bonds. The van der Waals surface area contributed by atoms with E-state index in [9.17, 15) is 9.18 Å². The zero-order valence-electron chi connectivity index (χ0n) is 10.1. The van der Waals surface area contributed by atoms with Crippen molar-refractivity contribution in [1.82, 2.24) is 4.98 Å². The van der Waals surface area contributed by atoms with E-state index in [0.717, 1.165) is 0 Å². The molecule has 0 bridgehead atoms. The van der Waals surface area contributed by atoms with E-state index in [1.54, 1.807) is 30.3 Å². The molecule has 19 heavy (non-hydrogen) atoms. The van der Waals surface area contributed by atoms with Crippen LogP contribution in [0.5, 0.6) is 5.75 Å². The van der Waals surface area contributed by atoms with Crippen LogP contribution >= 0.6 is 15.9 Å². The molecule has 1 atom stereocenters. The summed E-state index contributed by atoms with van der Waals surface area (Å²) in [6, 6.07) is 9.66. The number of ketones is 1. The van der Waals surface area contributed by atoms with Crippen LogP contribution in [-0.2, 0) is 0 Å². The minimum Gasteiger partial charge on any atom is -0.497 e. The van der Waals surface area contributed by atoms with Gasteiger partial charge in [0, 0.05) is 11.8 Å². The standard InChI is InChI=1S/C14H11BrFNO2/c1-19-11-4-2-3-10(7-11)14(18)13(15)9-5-6-17-12(16)8-9/h2-8,13H,1H3/t13-/m0/s1. The Balaban J connectivity index is 2.28. The van der Waals surface area contributed by atoms with Crippen LogP contribution in [0.25, 0.3) is 0 Å². The molecule has 0 N–H and O–H groups in total. The quantitative estimate of drug-likeness (QED) is 0.490. The predicted molar refractivity (Wildman–Crippen MR) is 73.2 cm³/mol. The normalized spacial score (nSPS) is 11.9. The average molecular weight is 324 g/mol. The summed E-state index contributed by atoms with van der Waals surface area (Å²) in [5, 5.41) is 0. The first-order valence-electron chi connectivity index (χ1n) is 5.55. The average Bonchev–Trinajstić information content (AvgIpc) is 2.45. The number of aromatic nitrogens is 1. The Morgan fingerprint density at radius 1 is 1.37 bits per heavy atom. The zero-order valence-corrected chi connectivity index (χ0v) is 11.7. The number of methoxy groups -OCH3 is 1. The zero-order chi connectivity index (χ0) is 13.8. The molecular formula is C14H11BrFNO2. The summed E-state index contributed by atoms with van der Waals surface area (Å²) < 4.78 is 18.1. The summed E-state index contributed by atoms with van der Waals surface area (Å²) in [6.07, 6.45) is 1.33. The smallest absolute Gasteiger partial charge is 0.213 e. The van der Waals surface area contributed by atoms with E-state index in [-0.39, 0.29) is 5.78 Å². The third-order valence-corrected chi connectivity index (χ3v) is 3.57. The number of carbonyl (C=O) groups is 1. The molecule has 0 fully saturated rings. The Morgan fingerprint density at radius 3 is 2.84 bits per heavy atom. The molecule has 2 aromatic rings. The number of pyridine rings is 1. The molecule has 0 aliphatic heterocycles. The predicted octanol–water partition coefficient (Wildman–Crippen LogP) is 3.55. The van der Waals surface area contributed by atoms with Crippen molar-refractivity contribution in [1.29, 1.82) is 0 Å². The van der Waals surface area contributed by atoms with Crippen LogP contribution < -0.4 is 4.74 Å². The van der Waals surface area contributed by atoms with Gasteiger partial charge in [0.15, 0.2) is 5.78 Å². The van der Waals surface area contributed by atoms with Gasteiger partial charge in [-0.15, -0.1) is 0 Å². The largest absolute Gasteiger partial charge is 0.497 e. The number of benzene rings is 1. The van der Waals surface area contributed by atoms with Crippen LogP contribution in [0.2, 0.25) is 0 Å². The highest BCUT2D eigenvalue weighted by Gasteiger charge is 2.20. The first kappa shape index (κ1) is 13.7. The molecule has 0 aliphatic carbocycles. The van der Waals surface area contributed by atoms with Gasteiger partial charge in [-0.05, 0) is 29.8 Å². The number of Topliss-reactive ketones (excluding diaryl/α,β-unsaturated/α-hetero) is 1. The Hall–Kier alpha value is -1.75. The van der Waals surface area contributed by atoms with E-state index in [1.807, 2.05) is 0 Å². The summed E-state index contributed by atoms with van der Waals surface area (Å²) in [4.78, 5) is 15.1. The molecular weight excluding hydrogens is 313 g/mol. The lowest BCUT2D eigenvalue weighted by Crippen LogP contribution is -2.07. The number of halogens is 2. The van der Waals surface area contributed by atoms with E-state index in [0.29, 0.717) is 16.9 Å². The molecule has 0 aliphatic rings. The van der Waals surface area contributed by atoms with Crippen molar-refractivity contribution in [3.8, 4) is 5.75 Å². The van der Waals surface area contributed by atoms with Crippen LogP contribution in [0.1, 0.15) is 20.7 Å². The molecule has 1 heterocycles. The van der Waals surface area contributed by atoms with Gasteiger partial charge in [0.25, 0.3) is 0 Å². The highest BCUT2D eigenvalue weighted by atomic mass is 79.9. The second-order valence-corrected chi connectivity index (χ2v) is 4.79. The highest BCUT2D eigenvalue weighted by Crippen LogP contribution is 2.28. The maximum Gasteiger partial charge on any atom is 0.213 e. The maximum absolute atomic E-state index is 13.0. The van der Waals surface area contributed by atoms with Crippen LogP contribution in [0, 0.1) is 5.95 Å². The lowest BCUT2D eigenvalue weighted by Gasteiger charge is -2.10. The van der Waals surface area contributed by atoms with E-state index >= 15 is 0 Å². The number of hydrogen-bond donors (Lipinski definition) is 0. The van der Waals surface area contributed by atoms with E-state index < -0.39 is 10.8 Å². The number of carbonyl (C=O) groups excluding carboxylic acids is 1. The van der Waals surface area contributed by atoms with Crippen LogP contribution in [0.3, 0.4) is 0 Å². The topological polar surface area (TPSA) is 39.2 Å². The number of ether oxygens (including phenoxy) is 1. The molecule has 3 nitrogen and oxygen atoms in total. The molecule has 98 valence electrons. The first-order chi connectivity index (χ1) is 9.11. The second-order valence-electron chi connectivity index (χ2n) is 3.87. The van der Waals surface area contributed by atoms with Gasteiger partial charge < -0.3 is 4.74 Å². The van der Waals surface area contributed by atoms with Gasteiger partial charge in [0.2, 0.25) is 5.95 Å². The molecule has 0 unspecified atom stereocenters. The molecule has 0 spiro atoms. The maximum atomic E-state index is 13.0. The summed E-state index contributed by atoms with van der Waals surface area (Å²) in [6.45, 7) is 0. The van der Waals surface area contributed by atoms with Gasteiger partial charge >= 0.3 is 0 Å². The Labute approximate surface area is 118 Å². The second kappa shape index (κ2) is 5.93. The fraction of sp³-hybridized carbons (Fsp3) is 0.143. The van der Waals surface area contributed by atoms with Crippen molar-refractivity contribution in [2.24, 2.45) is 0 Å². The fourth-order valence-electron chi connectivity index (χ4n) is 1.65. The molecule has 0 saturated carbocycles. The van der Waals surface area contributed by atoms with Gasteiger partial charge in [-0.2, -0.15) is 4.39 Å². The molecule has 0 saturated heterocycles. The van der Waals surface area contributed by atoms with Crippen LogP contribution in [-0.4, -0.2) is 17.9 Å². The third kappa shape index (κ3) is 3.17. The summed E-state index contributed by atoms with van der Waals surface area (Å²) in [5.41, 5.74) is 1.03. The molecule has 1 aromatic heterocycles. The van der Waals surface area contributed by atoms with E-state index in [1.165, 1.54) is 19.4 Å². The van der Waals surface area contributed by atoms with E-state index in [4.69, 9.17) is 4.74 Å². The number of nitrogens with zero attached hydrogens (tertiary/aromatic N) is 1. The Bertz CT molecular complexity index is 604. The summed E-state index contributed by atoms with van der Waals surface area (Å²) in [5.74, 6) is -0.170. The summed E-state index contributed by atoms with van der Waals surface area (Å²) in [7, 11) is 1.54. The summed E-state index contributed by atoms with van der Waals surface area (Å²) >= 11 is 3.28. The Morgan fingerprint density at radius 2 is 2.16 bits per heavy atom. The first-order valence-corrected chi connectivity index (χ1v) is 6.47. The highest BCUT2D eigenvalue weighted by molar-refractivity contribution is 9.09. The van der Waals surface area contributed by atoms with Gasteiger partial charge in [0.1, 0.15) is 10.6 Å². The fourth-order valence-corrected chi connectivity index (χ4v) is 2.20. The lowest BCUT2D eigenvalue weighted by atomic mass is 10.0. The minimum atomic E-state index is -0.614. The van der Waals surface area contributed by atoms with Crippen molar-refractivity contribution in [2.75, 3.05) is 7.11 Å². The minimum absolute atomic E-state index is 0.162. The van der Waals surface area contributed by atoms with Crippen molar-refractivity contribution in [2.45, 2.75) is 4.83 Å². The van der Waals surface area contributed by atoms with Crippen LogP contribution in [0.4, 0.5) is 4.39 Å². The number of hydrogen-bond acceptors (Lipinski definition) is 3. The van der Waals surface area contributed by atoms with Crippen LogP contribution in [0.15, 0.2) is 42.6 Å². The third-order valence-electron chi connectivity index (χ3n) is 2.63. The van der Waals surface area contributed by atoms with Crippen molar-refractivity contribution < 1.29 is 13.9 Å². The molecule has 2 rings (SSSR count). The Kier molecular flexibility index (Phi) is 4.27. The molecule has 0 radical (unpaired) electrons. The van der Waals surface area contributed by atoms with Gasteiger partial charge in [-0.3, -0.25) is 4.79 Å². The van der Waals surface area contributed by atoms with Crippen molar-refractivity contribution in [3.05, 3.63) is 59.7 Å². The van der Waals surface area contributed by atoms with E-state index in [2.05, 4.69) is 20.9 Å². The van der Waals surface area contributed by atoms with Gasteiger partial charge in [0.05, 0.1) is 7.11 Å². The van der Waals surface area contributed by atoms with Gasteiger partial charge in [-0.25, -0.2) is 4.98 Å². The molecule has 5 heteroatoms. The number of alkyl halides is 1. The lowest BCUT2D eigenvalue weighted by molar-refractivity contribution is 0.0991. The van der Waals surface area contributed by atoms with Crippen molar-refractivity contribution in [3.63, 3.8) is 0 Å². The SMILES string of the molecule is COc1cccc(C(=O)[C@@H](Br)c2ccnc(F)c2)c1.